The van der Waals surface area contributed by atoms with Crippen LogP contribution in [0.4, 0.5) is 5.82 Å². The Bertz CT molecular complexity index is 1140. The van der Waals surface area contributed by atoms with E-state index in [1.165, 1.54) is 40.9 Å². The number of aromatic nitrogens is 5. The van der Waals surface area contributed by atoms with Gasteiger partial charge in [0, 0.05) is 57.3 Å². The number of anilines is 1. The Morgan fingerprint density at radius 1 is 1.03 bits per heavy atom. The third-order valence-corrected chi connectivity index (χ3v) is 5.84. The number of nitrogens with zero attached hydrogens (tertiary/aromatic N) is 7. The van der Waals surface area contributed by atoms with Crippen LogP contribution in [0.15, 0.2) is 29.3 Å². The van der Waals surface area contributed by atoms with Crippen LogP contribution in [0.2, 0.25) is 0 Å². The molecule has 0 saturated carbocycles. The lowest BCUT2D eigenvalue weighted by Gasteiger charge is -2.35. The molecule has 29 heavy (non-hydrogen) atoms. The summed E-state index contributed by atoms with van der Waals surface area (Å²) in [5.41, 5.74) is 3.70. The van der Waals surface area contributed by atoms with Gasteiger partial charge in [-0.3, -0.25) is 9.59 Å². The third-order valence-electron chi connectivity index (χ3n) is 5.84. The van der Waals surface area contributed by atoms with Crippen molar-refractivity contribution in [3.63, 3.8) is 0 Å². The maximum atomic E-state index is 12.8. The van der Waals surface area contributed by atoms with Crippen LogP contribution in [0.5, 0.6) is 0 Å². The molecular formula is C20H23N7O2. The minimum atomic E-state index is -0.227. The van der Waals surface area contributed by atoms with Gasteiger partial charge in [0.05, 0.1) is 5.69 Å². The van der Waals surface area contributed by atoms with Gasteiger partial charge in [0.2, 0.25) is 0 Å². The molecule has 1 aliphatic heterocycles. The second kappa shape index (κ2) is 6.98. The van der Waals surface area contributed by atoms with Crippen molar-refractivity contribution >= 4 is 17.2 Å². The fraction of sp³-hybridized carbons (Fsp3) is 0.450. The van der Waals surface area contributed by atoms with Gasteiger partial charge in [0.15, 0.2) is 5.82 Å². The first kappa shape index (κ1) is 17.8. The standard InChI is InChI=1S/C20H23N7O2/c1-24-17(28)7-6-16(22-24)20(29)26-12-10-25(11-13-26)19-18-14-4-2-3-5-15(14)23-27(18)9-8-21-19/h6-9H,2-5,10-13H2,1H3. The molecule has 0 bridgehead atoms. The molecule has 2 aliphatic rings. The Hall–Kier alpha value is -3.23. The summed E-state index contributed by atoms with van der Waals surface area (Å²) in [6.07, 6.45) is 8.19. The van der Waals surface area contributed by atoms with E-state index in [1.54, 1.807) is 18.1 Å². The molecule has 150 valence electrons. The van der Waals surface area contributed by atoms with Crippen LogP contribution < -0.4 is 10.5 Å². The molecule has 3 aromatic rings. The molecule has 1 amide bonds. The lowest BCUT2D eigenvalue weighted by molar-refractivity contribution is 0.0738. The number of piperazine rings is 1. The molecule has 9 nitrogen and oxygen atoms in total. The third kappa shape index (κ3) is 3.06. The van der Waals surface area contributed by atoms with E-state index >= 15 is 0 Å². The number of rotatable bonds is 2. The number of fused-ring (bicyclic) bond motifs is 3. The SMILES string of the molecule is Cn1nc(C(=O)N2CCN(c3nccn4nc5c(c34)CCCC5)CC2)ccc1=O. The number of amides is 1. The minimum Gasteiger partial charge on any atom is -0.351 e. The smallest absolute Gasteiger partial charge is 0.274 e. The molecule has 5 rings (SSSR count). The number of hydrogen-bond acceptors (Lipinski definition) is 6. The summed E-state index contributed by atoms with van der Waals surface area (Å²) in [5.74, 6) is 0.809. The second-order valence-electron chi connectivity index (χ2n) is 7.64. The van der Waals surface area contributed by atoms with Crippen LogP contribution in [0.1, 0.15) is 34.6 Å². The summed E-state index contributed by atoms with van der Waals surface area (Å²) < 4.78 is 3.15. The Kier molecular flexibility index (Phi) is 4.30. The van der Waals surface area contributed by atoms with Gasteiger partial charge in [0.1, 0.15) is 11.2 Å². The van der Waals surface area contributed by atoms with Crippen molar-refractivity contribution in [2.45, 2.75) is 25.7 Å². The highest BCUT2D eigenvalue weighted by molar-refractivity contribution is 5.92. The van der Waals surface area contributed by atoms with Gasteiger partial charge in [-0.25, -0.2) is 14.2 Å². The molecule has 0 radical (unpaired) electrons. The average Bonchev–Trinajstić information content (AvgIpc) is 3.14. The summed E-state index contributed by atoms with van der Waals surface area (Å²) in [6, 6.07) is 2.88. The summed E-state index contributed by atoms with van der Waals surface area (Å²) >= 11 is 0. The Morgan fingerprint density at radius 2 is 1.83 bits per heavy atom. The molecule has 0 N–H and O–H groups in total. The van der Waals surface area contributed by atoms with E-state index in [0.29, 0.717) is 31.9 Å². The molecule has 1 aliphatic carbocycles. The molecule has 0 atom stereocenters. The molecule has 3 aromatic heterocycles. The zero-order chi connectivity index (χ0) is 20.0. The average molecular weight is 393 g/mol. The van der Waals surface area contributed by atoms with Crippen LogP contribution in [0.25, 0.3) is 5.52 Å². The van der Waals surface area contributed by atoms with Crippen molar-refractivity contribution in [1.82, 2.24) is 29.3 Å². The summed E-state index contributed by atoms with van der Waals surface area (Å²) in [4.78, 5) is 33.0. The first-order chi connectivity index (χ1) is 14.1. The van der Waals surface area contributed by atoms with Crippen LogP contribution in [-0.4, -0.2) is 61.4 Å². The molecule has 0 unspecified atom stereocenters. The molecule has 4 heterocycles. The largest absolute Gasteiger partial charge is 0.351 e. The molecular weight excluding hydrogens is 370 g/mol. The van der Waals surface area contributed by atoms with Crippen molar-refractivity contribution in [2.24, 2.45) is 7.05 Å². The van der Waals surface area contributed by atoms with E-state index in [0.717, 1.165) is 24.2 Å². The van der Waals surface area contributed by atoms with Gasteiger partial charge < -0.3 is 9.80 Å². The van der Waals surface area contributed by atoms with Gasteiger partial charge in [-0.15, -0.1) is 0 Å². The lowest BCUT2D eigenvalue weighted by atomic mass is 9.97. The van der Waals surface area contributed by atoms with E-state index in [2.05, 4.69) is 15.0 Å². The van der Waals surface area contributed by atoms with Gasteiger partial charge in [-0.1, -0.05) is 0 Å². The Balaban J connectivity index is 1.37. The molecule has 9 heteroatoms. The van der Waals surface area contributed by atoms with Gasteiger partial charge in [-0.2, -0.15) is 10.2 Å². The number of carbonyl (C=O) groups excluding carboxylic acids is 1. The van der Waals surface area contributed by atoms with Crippen LogP contribution in [0.3, 0.4) is 0 Å². The van der Waals surface area contributed by atoms with E-state index < -0.39 is 0 Å². The van der Waals surface area contributed by atoms with Crippen molar-refractivity contribution in [3.05, 3.63) is 51.8 Å². The zero-order valence-electron chi connectivity index (χ0n) is 16.4. The van der Waals surface area contributed by atoms with Gasteiger partial charge in [-0.05, 0) is 31.7 Å². The predicted octanol–water partition coefficient (Wildman–Crippen LogP) is 0.664. The molecule has 0 aromatic carbocycles. The normalized spacial score (nSPS) is 16.9. The van der Waals surface area contributed by atoms with Crippen molar-refractivity contribution in [3.8, 4) is 0 Å². The van der Waals surface area contributed by atoms with Crippen LogP contribution in [0, 0.1) is 0 Å². The minimum absolute atomic E-state index is 0.145. The first-order valence-corrected chi connectivity index (χ1v) is 10.1. The van der Waals surface area contributed by atoms with E-state index in [-0.39, 0.29) is 11.5 Å². The van der Waals surface area contributed by atoms with E-state index in [1.807, 2.05) is 10.7 Å². The van der Waals surface area contributed by atoms with Crippen molar-refractivity contribution < 1.29 is 4.79 Å². The molecule has 1 fully saturated rings. The van der Waals surface area contributed by atoms with Gasteiger partial charge >= 0.3 is 0 Å². The Morgan fingerprint density at radius 3 is 2.62 bits per heavy atom. The number of hydrogen-bond donors (Lipinski definition) is 0. The monoisotopic (exact) mass is 393 g/mol. The lowest BCUT2D eigenvalue weighted by Crippen LogP contribution is -2.49. The maximum Gasteiger partial charge on any atom is 0.274 e. The first-order valence-electron chi connectivity index (χ1n) is 10.1. The maximum absolute atomic E-state index is 12.8. The van der Waals surface area contributed by atoms with E-state index in [9.17, 15) is 9.59 Å². The van der Waals surface area contributed by atoms with Crippen molar-refractivity contribution in [2.75, 3.05) is 31.1 Å². The van der Waals surface area contributed by atoms with Crippen LogP contribution >= 0.6 is 0 Å². The van der Waals surface area contributed by atoms with Gasteiger partial charge in [0.25, 0.3) is 11.5 Å². The summed E-state index contributed by atoms with van der Waals surface area (Å²) in [5, 5.41) is 8.84. The topological polar surface area (TPSA) is 88.6 Å². The Labute approximate surface area is 167 Å². The summed E-state index contributed by atoms with van der Waals surface area (Å²) in [7, 11) is 1.55. The fourth-order valence-corrected chi connectivity index (χ4v) is 4.28. The highest BCUT2D eigenvalue weighted by Crippen LogP contribution is 2.30. The molecule has 1 saturated heterocycles. The quantitative estimate of drug-likeness (QED) is 0.636. The summed E-state index contributed by atoms with van der Waals surface area (Å²) in [6.45, 7) is 2.57. The van der Waals surface area contributed by atoms with Crippen LogP contribution in [-0.2, 0) is 19.9 Å². The fourth-order valence-electron chi connectivity index (χ4n) is 4.28. The zero-order valence-corrected chi connectivity index (χ0v) is 16.4. The second-order valence-corrected chi connectivity index (χ2v) is 7.64. The predicted molar refractivity (Wildman–Crippen MR) is 107 cm³/mol. The highest BCUT2D eigenvalue weighted by Gasteiger charge is 2.27. The number of carbonyl (C=O) groups is 1. The molecule has 0 spiro atoms. The number of aryl methyl sites for hydroxylation is 3. The van der Waals surface area contributed by atoms with Crippen molar-refractivity contribution in [1.29, 1.82) is 0 Å². The highest BCUT2D eigenvalue weighted by atomic mass is 16.2. The van der Waals surface area contributed by atoms with E-state index in [4.69, 9.17) is 5.10 Å².